The second-order valence-electron chi connectivity index (χ2n) is 3.96. The summed E-state index contributed by atoms with van der Waals surface area (Å²) >= 11 is 3.32. The van der Waals surface area contributed by atoms with Gasteiger partial charge in [0, 0.05) is 5.57 Å². The van der Waals surface area contributed by atoms with Crippen LogP contribution in [-0.4, -0.2) is 5.90 Å². The number of halogens is 1. The summed E-state index contributed by atoms with van der Waals surface area (Å²) in [4.78, 5) is 6.32. The third kappa shape index (κ3) is 4.07. The van der Waals surface area contributed by atoms with E-state index in [1.807, 2.05) is 67.6 Å². The summed E-state index contributed by atoms with van der Waals surface area (Å²) in [5, 5.41) is 0. The van der Waals surface area contributed by atoms with Crippen molar-refractivity contribution < 1.29 is 4.74 Å². The molecule has 3 heteroatoms. The molecule has 0 atom stereocenters. The van der Waals surface area contributed by atoms with Crippen LogP contribution in [0.5, 0.6) is 5.75 Å². The van der Waals surface area contributed by atoms with Crippen LogP contribution < -0.4 is 4.74 Å². The minimum absolute atomic E-state index is 0.578. The predicted molar refractivity (Wildman–Crippen MR) is 83.3 cm³/mol. The molecule has 2 aromatic carbocycles. The molecule has 2 rings (SSSR count). The first-order chi connectivity index (χ1) is 9.29. The van der Waals surface area contributed by atoms with E-state index in [1.54, 1.807) is 4.99 Å². The largest absolute Gasteiger partial charge is 0.439 e. The summed E-state index contributed by atoms with van der Waals surface area (Å²) in [6.45, 7) is 1.94. The highest BCUT2D eigenvalue weighted by molar-refractivity contribution is 9.11. The Balaban J connectivity index is 2.30. The number of nitrogens with zero attached hydrogens (tertiary/aromatic N) is 1. The summed E-state index contributed by atoms with van der Waals surface area (Å²) in [6.07, 6.45) is 0. The highest BCUT2D eigenvalue weighted by Gasteiger charge is 2.05. The molecule has 2 nitrogen and oxygen atoms in total. The van der Waals surface area contributed by atoms with Crippen LogP contribution in [0.3, 0.4) is 0 Å². The number of aliphatic imine (C=N–C) groups is 1. The van der Waals surface area contributed by atoms with Crippen molar-refractivity contribution in [2.24, 2.45) is 4.99 Å². The molecule has 2 aromatic rings. The Bertz CT molecular complexity index is 576. The molecule has 0 radical (unpaired) electrons. The van der Waals surface area contributed by atoms with Gasteiger partial charge in [-0.25, -0.2) is 4.99 Å². The lowest BCUT2D eigenvalue weighted by molar-refractivity contribution is 0.551. The first-order valence-corrected chi connectivity index (χ1v) is 6.85. The van der Waals surface area contributed by atoms with Gasteiger partial charge in [0.25, 0.3) is 0 Å². The van der Waals surface area contributed by atoms with Gasteiger partial charge in [-0.1, -0.05) is 52.3 Å². The van der Waals surface area contributed by atoms with Gasteiger partial charge in [0.2, 0.25) is 5.90 Å². The van der Waals surface area contributed by atoms with E-state index in [2.05, 4.69) is 20.9 Å². The molecule has 0 aliphatic rings. The van der Waals surface area contributed by atoms with E-state index in [0.29, 0.717) is 5.90 Å². The quantitative estimate of drug-likeness (QED) is 0.570. The molecule has 0 aliphatic heterocycles. The molecule has 0 heterocycles. The molecule has 0 amide bonds. The standard InChI is InChI=1S/C16H14BrNO/c1-13(12-17)16(18-14-8-4-2-5-9-14)19-15-10-6-3-7-11-15/h2-12H,1H3. The van der Waals surface area contributed by atoms with Crippen LogP contribution in [0.2, 0.25) is 0 Å². The van der Waals surface area contributed by atoms with Crippen molar-refractivity contribution in [2.45, 2.75) is 6.92 Å². The maximum Gasteiger partial charge on any atom is 0.223 e. The van der Waals surface area contributed by atoms with Crippen LogP contribution in [0.4, 0.5) is 5.69 Å². The van der Waals surface area contributed by atoms with Crippen LogP contribution in [0.1, 0.15) is 6.92 Å². The summed E-state index contributed by atoms with van der Waals surface area (Å²) < 4.78 is 5.82. The van der Waals surface area contributed by atoms with E-state index in [1.165, 1.54) is 0 Å². The maximum absolute atomic E-state index is 5.82. The predicted octanol–water partition coefficient (Wildman–Crippen LogP) is 5.09. The maximum atomic E-state index is 5.82. The molecule has 0 aliphatic carbocycles. The highest BCUT2D eigenvalue weighted by Crippen LogP contribution is 2.17. The zero-order chi connectivity index (χ0) is 13.5. The molecule has 0 aromatic heterocycles. The van der Waals surface area contributed by atoms with Crippen molar-refractivity contribution in [3.05, 3.63) is 71.2 Å². The lowest BCUT2D eigenvalue weighted by atomic mass is 10.3. The minimum atomic E-state index is 0.578. The molecular formula is C16H14BrNO. The smallest absolute Gasteiger partial charge is 0.223 e. The number of rotatable bonds is 3. The third-order valence-electron chi connectivity index (χ3n) is 2.45. The Morgan fingerprint density at radius 3 is 2.16 bits per heavy atom. The van der Waals surface area contributed by atoms with E-state index >= 15 is 0 Å². The van der Waals surface area contributed by atoms with E-state index < -0.39 is 0 Å². The molecule has 0 spiro atoms. The van der Waals surface area contributed by atoms with Gasteiger partial charge in [0.1, 0.15) is 5.75 Å². The van der Waals surface area contributed by atoms with Gasteiger partial charge >= 0.3 is 0 Å². The SMILES string of the molecule is CC(=CBr)C(=Nc1ccccc1)Oc1ccccc1. The van der Waals surface area contributed by atoms with Gasteiger partial charge in [-0.3, -0.25) is 0 Å². The Kier molecular flexibility index (Phi) is 4.93. The average Bonchev–Trinajstić information content (AvgIpc) is 2.48. The second-order valence-corrected chi connectivity index (χ2v) is 4.42. The highest BCUT2D eigenvalue weighted by atomic mass is 79.9. The van der Waals surface area contributed by atoms with Crippen molar-refractivity contribution in [1.82, 2.24) is 0 Å². The summed E-state index contributed by atoms with van der Waals surface area (Å²) in [5.41, 5.74) is 1.79. The van der Waals surface area contributed by atoms with Crippen LogP contribution in [0, 0.1) is 0 Å². The van der Waals surface area contributed by atoms with Gasteiger partial charge in [-0.2, -0.15) is 0 Å². The summed E-state index contributed by atoms with van der Waals surface area (Å²) in [5.74, 6) is 1.35. The second kappa shape index (κ2) is 6.90. The van der Waals surface area contributed by atoms with E-state index in [-0.39, 0.29) is 0 Å². The summed E-state index contributed by atoms with van der Waals surface area (Å²) in [6, 6.07) is 19.4. The average molecular weight is 316 g/mol. The zero-order valence-corrected chi connectivity index (χ0v) is 12.2. The molecule has 19 heavy (non-hydrogen) atoms. The van der Waals surface area contributed by atoms with Crippen molar-refractivity contribution in [2.75, 3.05) is 0 Å². The van der Waals surface area contributed by atoms with Crippen LogP contribution in [0.25, 0.3) is 0 Å². The van der Waals surface area contributed by atoms with Crippen molar-refractivity contribution >= 4 is 27.5 Å². The molecule has 0 saturated carbocycles. The number of ether oxygens (including phenoxy) is 1. The van der Waals surface area contributed by atoms with E-state index in [9.17, 15) is 0 Å². The van der Waals surface area contributed by atoms with E-state index in [4.69, 9.17) is 4.74 Å². The molecule has 96 valence electrons. The van der Waals surface area contributed by atoms with Crippen LogP contribution >= 0.6 is 15.9 Å². The monoisotopic (exact) mass is 315 g/mol. The van der Waals surface area contributed by atoms with E-state index in [0.717, 1.165) is 17.0 Å². The van der Waals surface area contributed by atoms with Gasteiger partial charge in [0.05, 0.1) is 5.69 Å². The van der Waals surface area contributed by atoms with Crippen LogP contribution in [0.15, 0.2) is 76.2 Å². The van der Waals surface area contributed by atoms with Crippen molar-refractivity contribution in [3.63, 3.8) is 0 Å². The fraction of sp³-hybridized carbons (Fsp3) is 0.0625. The molecule has 0 bridgehead atoms. The Morgan fingerprint density at radius 1 is 1.00 bits per heavy atom. The number of benzene rings is 2. The Morgan fingerprint density at radius 2 is 1.58 bits per heavy atom. The van der Waals surface area contributed by atoms with Crippen LogP contribution in [-0.2, 0) is 0 Å². The first-order valence-electron chi connectivity index (χ1n) is 5.93. The van der Waals surface area contributed by atoms with Crippen molar-refractivity contribution in [1.29, 1.82) is 0 Å². The lowest BCUT2D eigenvalue weighted by Gasteiger charge is -2.09. The topological polar surface area (TPSA) is 21.6 Å². The van der Waals surface area contributed by atoms with Gasteiger partial charge in [-0.05, 0) is 36.2 Å². The Hall–Kier alpha value is -1.87. The normalized spacial score (nSPS) is 12.3. The first kappa shape index (κ1) is 13.6. The number of hydrogen-bond acceptors (Lipinski definition) is 2. The summed E-state index contributed by atoms with van der Waals surface area (Å²) in [7, 11) is 0. The molecule has 0 unspecified atom stereocenters. The molecule has 0 saturated heterocycles. The fourth-order valence-electron chi connectivity index (χ4n) is 1.46. The molecule has 0 N–H and O–H groups in total. The molecular weight excluding hydrogens is 302 g/mol. The minimum Gasteiger partial charge on any atom is -0.439 e. The fourth-order valence-corrected chi connectivity index (χ4v) is 1.65. The third-order valence-corrected chi connectivity index (χ3v) is 3.13. The van der Waals surface area contributed by atoms with Gasteiger partial charge in [0.15, 0.2) is 0 Å². The van der Waals surface area contributed by atoms with Gasteiger partial charge in [-0.15, -0.1) is 0 Å². The van der Waals surface area contributed by atoms with Gasteiger partial charge < -0.3 is 4.74 Å². The zero-order valence-electron chi connectivity index (χ0n) is 10.6. The number of hydrogen-bond donors (Lipinski definition) is 0. The number of para-hydroxylation sites is 2. The Labute approximate surface area is 121 Å². The lowest BCUT2D eigenvalue weighted by Crippen LogP contribution is -2.09. The van der Waals surface area contributed by atoms with Crippen molar-refractivity contribution in [3.8, 4) is 5.75 Å². The molecule has 0 fully saturated rings.